The average Bonchev–Trinajstić information content (AvgIpc) is 3.26. The number of fused-ring (bicyclic) bond motifs is 1. The highest BCUT2D eigenvalue weighted by atomic mass is 32.2. The molecule has 25 heavy (non-hydrogen) atoms. The van der Waals surface area contributed by atoms with Crippen LogP contribution in [0.1, 0.15) is 38.2 Å². The van der Waals surface area contributed by atoms with E-state index in [0.29, 0.717) is 6.42 Å². The fourth-order valence-electron chi connectivity index (χ4n) is 3.58. The molecule has 1 atom stereocenters. The van der Waals surface area contributed by atoms with Gasteiger partial charge in [0.2, 0.25) is 5.91 Å². The Morgan fingerprint density at radius 2 is 2.04 bits per heavy atom. The van der Waals surface area contributed by atoms with Crippen molar-refractivity contribution in [1.82, 2.24) is 9.88 Å². The number of hydrogen-bond acceptors (Lipinski definition) is 3. The Bertz CT molecular complexity index is 852. The molecule has 0 saturated heterocycles. The third-order valence-corrected chi connectivity index (χ3v) is 5.85. The highest BCUT2D eigenvalue weighted by Gasteiger charge is 2.36. The summed E-state index contributed by atoms with van der Waals surface area (Å²) in [5.74, 6) is 0.121. The van der Waals surface area contributed by atoms with Gasteiger partial charge in [0.15, 0.2) is 0 Å². The molecule has 3 rings (SSSR count). The van der Waals surface area contributed by atoms with E-state index in [1.807, 2.05) is 36.2 Å². The van der Waals surface area contributed by atoms with Crippen molar-refractivity contribution in [2.45, 2.75) is 51.1 Å². The van der Waals surface area contributed by atoms with Gasteiger partial charge in [-0.2, -0.15) is 0 Å². The molecule has 5 nitrogen and oxygen atoms in total. The first-order chi connectivity index (χ1) is 11.8. The number of para-hydroxylation sites is 1. The molecular formula is C19H26N2O3S. The average molecular weight is 362 g/mol. The number of sulfone groups is 1. The van der Waals surface area contributed by atoms with Gasteiger partial charge in [-0.25, -0.2) is 8.42 Å². The highest BCUT2D eigenvalue weighted by molar-refractivity contribution is 7.90. The number of rotatable bonds is 8. The molecule has 0 aliphatic heterocycles. The molecular weight excluding hydrogens is 336 g/mol. The molecule has 136 valence electrons. The van der Waals surface area contributed by atoms with Crippen LogP contribution >= 0.6 is 0 Å². The standard InChI is InChI=1S/C19H26N2O3S/c1-14(13-25(2,23)24)21(16-10-11-16)19(22)9-5-6-15-12-20-18-8-4-3-7-17(15)18/h3-4,7-8,12,14,16,20H,5-6,9-11,13H2,1-2H3. The number of hydrogen-bond donors (Lipinski definition) is 1. The van der Waals surface area contributed by atoms with Crippen molar-refractivity contribution >= 4 is 26.6 Å². The number of amides is 1. The first-order valence-electron chi connectivity index (χ1n) is 8.89. The summed E-state index contributed by atoms with van der Waals surface area (Å²) < 4.78 is 23.1. The van der Waals surface area contributed by atoms with E-state index in [0.717, 1.165) is 31.2 Å². The van der Waals surface area contributed by atoms with Crippen LogP contribution in [-0.2, 0) is 21.1 Å². The van der Waals surface area contributed by atoms with Gasteiger partial charge in [0.05, 0.1) is 5.75 Å². The Balaban J connectivity index is 1.58. The smallest absolute Gasteiger partial charge is 0.223 e. The van der Waals surface area contributed by atoms with Crippen molar-refractivity contribution in [2.24, 2.45) is 0 Å². The van der Waals surface area contributed by atoms with Gasteiger partial charge in [0.25, 0.3) is 0 Å². The summed E-state index contributed by atoms with van der Waals surface area (Å²) in [7, 11) is -3.09. The second-order valence-corrected chi connectivity index (χ2v) is 9.37. The van der Waals surface area contributed by atoms with Crippen molar-refractivity contribution in [1.29, 1.82) is 0 Å². The molecule has 0 radical (unpaired) electrons. The van der Waals surface area contributed by atoms with Gasteiger partial charge in [0, 0.05) is 41.9 Å². The maximum absolute atomic E-state index is 12.7. The van der Waals surface area contributed by atoms with Crippen LogP contribution < -0.4 is 0 Å². The number of benzene rings is 1. The van der Waals surface area contributed by atoms with E-state index in [9.17, 15) is 13.2 Å². The summed E-state index contributed by atoms with van der Waals surface area (Å²) >= 11 is 0. The largest absolute Gasteiger partial charge is 0.361 e. The molecule has 1 N–H and O–H groups in total. The van der Waals surface area contributed by atoms with E-state index in [4.69, 9.17) is 0 Å². The molecule has 0 bridgehead atoms. The van der Waals surface area contributed by atoms with Crippen molar-refractivity contribution in [3.05, 3.63) is 36.0 Å². The molecule has 1 aromatic carbocycles. The zero-order valence-electron chi connectivity index (χ0n) is 14.9. The van der Waals surface area contributed by atoms with E-state index in [1.165, 1.54) is 17.2 Å². The quantitative estimate of drug-likeness (QED) is 0.785. The summed E-state index contributed by atoms with van der Waals surface area (Å²) in [5.41, 5.74) is 2.34. The number of nitrogens with one attached hydrogen (secondary N) is 1. The molecule has 2 aromatic rings. The molecule has 6 heteroatoms. The Hall–Kier alpha value is -1.82. The molecule has 1 fully saturated rings. The van der Waals surface area contributed by atoms with E-state index in [-0.39, 0.29) is 23.7 Å². The predicted molar refractivity (Wildman–Crippen MR) is 100 cm³/mol. The second kappa shape index (κ2) is 7.20. The molecule has 1 aliphatic carbocycles. The fourth-order valence-corrected chi connectivity index (χ4v) is 4.61. The molecule has 1 heterocycles. The van der Waals surface area contributed by atoms with Crippen molar-refractivity contribution < 1.29 is 13.2 Å². The van der Waals surface area contributed by atoms with E-state index in [2.05, 4.69) is 11.1 Å². The first-order valence-corrected chi connectivity index (χ1v) is 10.9. The predicted octanol–water partition coefficient (Wildman–Crippen LogP) is 2.91. The molecule has 1 amide bonds. The monoisotopic (exact) mass is 362 g/mol. The van der Waals surface area contributed by atoms with Gasteiger partial charge in [-0.15, -0.1) is 0 Å². The topological polar surface area (TPSA) is 70.2 Å². The minimum atomic E-state index is -3.09. The fraction of sp³-hybridized carbons (Fsp3) is 0.526. The Morgan fingerprint density at radius 1 is 1.32 bits per heavy atom. The Labute approximate surface area is 149 Å². The zero-order valence-corrected chi connectivity index (χ0v) is 15.7. The summed E-state index contributed by atoms with van der Waals surface area (Å²) in [6.45, 7) is 1.84. The highest BCUT2D eigenvalue weighted by Crippen LogP contribution is 2.30. The van der Waals surface area contributed by atoms with Crippen LogP contribution in [-0.4, -0.2) is 48.3 Å². The third kappa shape index (κ3) is 4.63. The van der Waals surface area contributed by atoms with Gasteiger partial charge < -0.3 is 9.88 Å². The van der Waals surface area contributed by atoms with Crippen LogP contribution in [0.4, 0.5) is 0 Å². The zero-order chi connectivity index (χ0) is 18.0. The van der Waals surface area contributed by atoms with Crippen LogP contribution in [0.3, 0.4) is 0 Å². The van der Waals surface area contributed by atoms with E-state index in [1.54, 1.807) is 0 Å². The maximum Gasteiger partial charge on any atom is 0.223 e. The lowest BCUT2D eigenvalue weighted by atomic mass is 10.1. The number of carbonyl (C=O) groups excluding carboxylic acids is 1. The number of aryl methyl sites for hydroxylation is 1. The molecule has 1 aromatic heterocycles. The number of carbonyl (C=O) groups is 1. The molecule has 1 unspecified atom stereocenters. The van der Waals surface area contributed by atoms with Crippen molar-refractivity contribution in [2.75, 3.05) is 12.0 Å². The normalized spacial score (nSPS) is 16.1. The van der Waals surface area contributed by atoms with Crippen molar-refractivity contribution in [3.8, 4) is 0 Å². The van der Waals surface area contributed by atoms with Crippen LogP contribution in [0, 0.1) is 0 Å². The number of nitrogens with zero attached hydrogens (tertiary/aromatic N) is 1. The lowest BCUT2D eigenvalue weighted by Crippen LogP contribution is -2.43. The summed E-state index contributed by atoms with van der Waals surface area (Å²) in [6, 6.07) is 8.15. The molecule has 1 saturated carbocycles. The van der Waals surface area contributed by atoms with Gasteiger partial charge in [0.1, 0.15) is 9.84 Å². The number of aromatic nitrogens is 1. The van der Waals surface area contributed by atoms with E-state index >= 15 is 0 Å². The lowest BCUT2D eigenvalue weighted by Gasteiger charge is -2.29. The first kappa shape index (κ1) is 18.0. The van der Waals surface area contributed by atoms with Crippen LogP contribution in [0.25, 0.3) is 10.9 Å². The SMILES string of the molecule is CC(CS(C)(=O)=O)N(C(=O)CCCc1c[nH]c2ccccc12)C1CC1. The minimum Gasteiger partial charge on any atom is -0.361 e. The number of aromatic amines is 1. The van der Waals surface area contributed by atoms with Crippen LogP contribution in [0.2, 0.25) is 0 Å². The maximum atomic E-state index is 12.7. The summed E-state index contributed by atoms with van der Waals surface area (Å²) in [6.07, 6.45) is 7.30. The van der Waals surface area contributed by atoms with Gasteiger partial charge in [-0.05, 0) is 44.2 Å². The lowest BCUT2D eigenvalue weighted by molar-refractivity contribution is -0.133. The number of H-pyrrole nitrogens is 1. The van der Waals surface area contributed by atoms with Crippen molar-refractivity contribution in [3.63, 3.8) is 0 Å². The van der Waals surface area contributed by atoms with Gasteiger partial charge in [-0.1, -0.05) is 18.2 Å². The van der Waals surface area contributed by atoms with E-state index < -0.39 is 9.84 Å². The Morgan fingerprint density at radius 3 is 2.72 bits per heavy atom. The Kier molecular flexibility index (Phi) is 5.18. The molecule has 1 aliphatic rings. The summed E-state index contributed by atoms with van der Waals surface area (Å²) in [5, 5.41) is 1.21. The van der Waals surface area contributed by atoms with Gasteiger partial charge in [-0.3, -0.25) is 4.79 Å². The van der Waals surface area contributed by atoms with Crippen LogP contribution in [0.5, 0.6) is 0 Å². The van der Waals surface area contributed by atoms with Gasteiger partial charge >= 0.3 is 0 Å². The molecule has 0 spiro atoms. The summed E-state index contributed by atoms with van der Waals surface area (Å²) in [4.78, 5) is 17.7. The van der Waals surface area contributed by atoms with Crippen LogP contribution in [0.15, 0.2) is 30.5 Å². The second-order valence-electron chi connectivity index (χ2n) is 7.19. The third-order valence-electron chi connectivity index (χ3n) is 4.76. The minimum absolute atomic E-state index is 0.0394.